The summed E-state index contributed by atoms with van der Waals surface area (Å²) in [5.41, 5.74) is 0.900. The van der Waals surface area contributed by atoms with Crippen LogP contribution in [0.15, 0.2) is 35.1 Å². The summed E-state index contributed by atoms with van der Waals surface area (Å²) in [6.07, 6.45) is 6.56. The number of hydrogen-bond donors (Lipinski definition) is 4. The molecule has 1 aromatic heterocycles. The van der Waals surface area contributed by atoms with E-state index in [0.29, 0.717) is 64.3 Å². The van der Waals surface area contributed by atoms with Gasteiger partial charge in [-0.15, -0.1) is 0 Å². The van der Waals surface area contributed by atoms with Crippen molar-refractivity contribution in [3.8, 4) is 5.75 Å². The van der Waals surface area contributed by atoms with E-state index in [4.69, 9.17) is 19.4 Å². The summed E-state index contributed by atoms with van der Waals surface area (Å²) < 4.78 is 41.6. The molecule has 4 aliphatic rings. The van der Waals surface area contributed by atoms with Crippen LogP contribution in [-0.2, 0) is 24.9 Å². The lowest BCUT2D eigenvalue weighted by Gasteiger charge is -2.45. The Hall–Kier alpha value is -4.28. The average molecular weight is 771 g/mol. The number of piperidine rings is 2. The predicted octanol–water partition coefficient (Wildman–Crippen LogP) is 4.54. The number of aromatic amines is 1. The van der Waals surface area contributed by atoms with Crippen LogP contribution >= 0.6 is 11.8 Å². The monoisotopic (exact) mass is 770 g/mol. The van der Waals surface area contributed by atoms with E-state index in [1.807, 2.05) is 11.9 Å². The molecule has 3 aromatic rings. The van der Waals surface area contributed by atoms with Crippen molar-refractivity contribution < 1.29 is 37.7 Å². The van der Waals surface area contributed by atoms with Gasteiger partial charge in [0.2, 0.25) is 11.8 Å². The molecule has 0 bridgehead atoms. The van der Waals surface area contributed by atoms with E-state index in [9.17, 15) is 18.8 Å². The van der Waals surface area contributed by atoms with Crippen molar-refractivity contribution in [3.05, 3.63) is 58.1 Å². The zero-order valence-electron chi connectivity index (χ0n) is 30.4. The minimum absolute atomic E-state index is 0.0396. The lowest BCUT2D eigenvalue weighted by atomic mass is 9.78. The van der Waals surface area contributed by atoms with E-state index in [-0.39, 0.29) is 42.0 Å². The number of hydrogen-bond acceptors (Lipinski definition) is 11. The Morgan fingerprint density at radius 3 is 2.50 bits per heavy atom. The van der Waals surface area contributed by atoms with Crippen LogP contribution in [-0.4, -0.2) is 102 Å². The van der Waals surface area contributed by atoms with Gasteiger partial charge in [-0.05, 0) is 88.1 Å². The van der Waals surface area contributed by atoms with Gasteiger partial charge < -0.3 is 34.7 Å². The molecule has 1 unspecified atom stereocenters. The molecule has 292 valence electrons. The van der Waals surface area contributed by atoms with Gasteiger partial charge >= 0.3 is 0 Å². The van der Waals surface area contributed by atoms with E-state index < -0.39 is 17.4 Å². The number of carboxylic acid groups (broad SMARTS) is 1. The number of nitrogens with one attached hydrogen (secondary N) is 3. The van der Waals surface area contributed by atoms with E-state index in [2.05, 4.69) is 25.5 Å². The molecule has 13 nitrogen and oxygen atoms in total. The van der Waals surface area contributed by atoms with Crippen molar-refractivity contribution in [2.45, 2.75) is 74.5 Å². The second-order valence-electron chi connectivity index (χ2n) is 14.5. The van der Waals surface area contributed by atoms with Crippen LogP contribution in [0.25, 0.3) is 10.9 Å². The number of benzene rings is 2. The maximum absolute atomic E-state index is 15.1. The van der Waals surface area contributed by atoms with Gasteiger partial charge in [-0.3, -0.25) is 24.5 Å². The van der Waals surface area contributed by atoms with E-state index in [1.54, 1.807) is 30.0 Å². The third-order valence-electron chi connectivity index (χ3n) is 10.8. The molecule has 3 aliphatic heterocycles. The van der Waals surface area contributed by atoms with Crippen LogP contribution < -0.4 is 25.8 Å². The summed E-state index contributed by atoms with van der Waals surface area (Å²) in [6, 6.07) is 7.61. The van der Waals surface area contributed by atoms with Gasteiger partial charge in [-0.2, -0.15) is 11.8 Å². The van der Waals surface area contributed by atoms with Gasteiger partial charge in [-0.25, -0.2) is 13.8 Å². The summed E-state index contributed by atoms with van der Waals surface area (Å²) in [6.45, 7) is 4.69. The zero-order chi connectivity index (χ0) is 38.2. The minimum atomic E-state index is -0.624. The second kappa shape index (κ2) is 18.4. The Balaban J connectivity index is 0.00000160. The van der Waals surface area contributed by atoms with E-state index in [0.717, 1.165) is 71.4 Å². The number of thioether (sulfide) groups is 1. The molecule has 1 saturated carbocycles. The van der Waals surface area contributed by atoms with E-state index >= 15 is 4.39 Å². The number of nitrogens with zero attached hydrogens (tertiary/aromatic N) is 3. The average Bonchev–Trinajstić information content (AvgIpc) is 3.13. The highest BCUT2D eigenvalue weighted by Gasteiger charge is 2.35. The molecule has 16 heteroatoms. The van der Waals surface area contributed by atoms with Crippen molar-refractivity contribution in [2.75, 3.05) is 56.7 Å². The van der Waals surface area contributed by atoms with Crippen molar-refractivity contribution in [1.82, 2.24) is 20.2 Å². The van der Waals surface area contributed by atoms with Gasteiger partial charge in [0, 0.05) is 62.3 Å². The highest BCUT2D eigenvalue weighted by molar-refractivity contribution is 7.99. The number of rotatable bonds is 12. The number of imide groups is 1. The third-order valence-corrected chi connectivity index (χ3v) is 12.2. The minimum Gasteiger partial charge on any atom is -0.493 e. The van der Waals surface area contributed by atoms with Crippen LogP contribution in [0.4, 0.5) is 20.2 Å². The summed E-state index contributed by atoms with van der Waals surface area (Å²) >= 11 is 1.74. The predicted molar refractivity (Wildman–Crippen MR) is 202 cm³/mol. The van der Waals surface area contributed by atoms with Gasteiger partial charge in [0.05, 0.1) is 23.6 Å². The fourth-order valence-corrected chi connectivity index (χ4v) is 8.69. The standard InChI is InChI=1S/C37H46F2N6O5S.CH2O2/c1-44(32-4-2-24(16-28(32)38)40-30-3-5-34(46)43-36(30)47)25-14-23(15-25)19-45-10-6-22(7-11-45)20-50-26-17-29(39)35-31(18-26)41-33(42-37(35)48)21-51-27-8-12-49-13-9-27;2-1-3/h2,4,16-18,22-23,25,27,30,40H,3,5-15,19-21H2,1H3,(H,41,42,48)(H,43,46,47);1H,(H,2,3). The number of likely N-dealkylation sites (tertiary alicyclic amines) is 1. The van der Waals surface area contributed by atoms with Gasteiger partial charge in [0.15, 0.2) is 0 Å². The van der Waals surface area contributed by atoms with Crippen molar-refractivity contribution in [2.24, 2.45) is 11.8 Å². The van der Waals surface area contributed by atoms with Crippen LogP contribution in [0.5, 0.6) is 5.75 Å². The van der Waals surface area contributed by atoms with Crippen LogP contribution in [0, 0.1) is 23.5 Å². The SMILES string of the molecule is CN(c1ccc(NC2CCC(=O)NC2=O)cc1F)C1CC(CN2CCC(COc3cc(F)c4c(=O)[nH]c(CSC5CCOCC5)nc4c3)CC2)C1.O=CO. The highest BCUT2D eigenvalue weighted by Crippen LogP contribution is 2.37. The van der Waals surface area contributed by atoms with Gasteiger partial charge in [0.1, 0.15) is 34.6 Å². The Morgan fingerprint density at radius 2 is 1.80 bits per heavy atom. The molecule has 1 aliphatic carbocycles. The first-order chi connectivity index (χ1) is 26.1. The molecule has 2 amide bonds. The van der Waals surface area contributed by atoms with E-state index in [1.165, 1.54) is 12.1 Å². The largest absolute Gasteiger partial charge is 0.493 e. The lowest BCUT2D eigenvalue weighted by molar-refractivity contribution is -0.133. The smallest absolute Gasteiger partial charge is 0.290 e. The fourth-order valence-electron chi connectivity index (χ4n) is 7.63. The first kappa shape index (κ1) is 39.4. The van der Waals surface area contributed by atoms with Crippen LogP contribution in [0.2, 0.25) is 0 Å². The Morgan fingerprint density at radius 1 is 1.06 bits per heavy atom. The van der Waals surface area contributed by atoms with Crippen molar-refractivity contribution >= 4 is 52.3 Å². The molecule has 4 fully saturated rings. The van der Waals surface area contributed by atoms with Gasteiger partial charge in [-0.1, -0.05) is 0 Å². The molecule has 7 rings (SSSR count). The highest BCUT2D eigenvalue weighted by atomic mass is 32.2. The summed E-state index contributed by atoms with van der Waals surface area (Å²) in [4.78, 5) is 56.3. The number of carbonyl (C=O) groups excluding carboxylic acids is 2. The molecule has 0 spiro atoms. The molecule has 54 heavy (non-hydrogen) atoms. The number of aromatic nitrogens is 2. The molecule has 4 heterocycles. The molecule has 0 radical (unpaired) electrons. The normalized spacial score (nSPS) is 22.5. The Kier molecular flexibility index (Phi) is 13.4. The Bertz CT molecular complexity index is 1850. The van der Waals surface area contributed by atoms with Gasteiger partial charge in [0.25, 0.3) is 12.0 Å². The Labute approximate surface area is 316 Å². The van der Waals surface area contributed by atoms with Crippen LogP contribution in [0.3, 0.4) is 0 Å². The maximum atomic E-state index is 15.1. The number of amides is 2. The topological polar surface area (TPSA) is 166 Å². The number of carbonyl (C=O) groups is 3. The number of ether oxygens (including phenoxy) is 2. The molecular formula is C38H48F2N6O7S. The molecule has 4 N–H and O–H groups in total. The second-order valence-corrected chi connectivity index (χ2v) is 15.8. The van der Waals surface area contributed by atoms with Crippen LogP contribution in [0.1, 0.15) is 57.2 Å². The number of anilines is 2. The lowest BCUT2D eigenvalue weighted by Crippen LogP contribution is -2.48. The first-order valence-corrected chi connectivity index (χ1v) is 19.6. The summed E-state index contributed by atoms with van der Waals surface area (Å²) in [5, 5.41) is 12.7. The number of halogens is 2. The molecule has 2 aromatic carbocycles. The fraction of sp³-hybridized carbons (Fsp3) is 0.553. The summed E-state index contributed by atoms with van der Waals surface area (Å²) in [7, 11) is 1.93. The number of fused-ring (bicyclic) bond motifs is 1. The van der Waals surface area contributed by atoms with Crippen molar-refractivity contribution in [1.29, 1.82) is 0 Å². The maximum Gasteiger partial charge on any atom is 0.290 e. The molecular weight excluding hydrogens is 723 g/mol. The summed E-state index contributed by atoms with van der Waals surface area (Å²) in [5.74, 6) is 0.765. The quantitative estimate of drug-likeness (QED) is 0.150. The zero-order valence-corrected chi connectivity index (χ0v) is 31.2. The molecule has 3 saturated heterocycles. The third kappa shape index (κ3) is 10.1. The first-order valence-electron chi connectivity index (χ1n) is 18.6. The van der Waals surface area contributed by atoms with Crippen molar-refractivity contribution in [3.63, 3.8) is 0 Å². The number of H-pyrrole nitrogens is 1. The molecule has 1 atom stereocenters.